The zero-order valence-corrected chi connectivity index (χ0v) is 10.5. The van der Waals surface area contributed by atoms with E-state index < -0.39 is 14.1 Å². The Morgan fingerprint density at radius 3 is 0.786 bits per heavy atom. The van der Waals surface area contributed by atoms with Gasteiger partial charge in [-0.1, -0.05) is 69.6 Å². The maximum absolute atomic E-state index is 8.56. The van der Waals surface area contributed by atoms with Crippen molar-refractivity contribution in [3.63, 3.8) is 0 Å². The van der Waals surface area contributed by atoms with Crippen LogP contribution in [0.25, 0.3) is 0 Å². The predicted octanol–water partition coefficient (Wildman–Crippen LogP) is 2.84. The summed E-state index contributed by atoms with van der Waals surface area (Å²) in [4.78, 5) is 8.56. The van der Waals surface area contributed by atoms with Crippen molar-refractivity contribution in [1.82, 2.24) is 0 Å². The molecule has 0 amide bonds. The molecule has 0 aliphatic carbocycles. The summed E-state index contributed by atoms with van der Waals surface area (Å²) in [5, 5.41) is 29.6. The standard InChI is InChI=1S/2CHCl3O.CH2O3/c2*2-1(3,4)5;2-1(3)4/h2*5H;(H2,2,3,4). The van der Waals surface area contributed by atoms with Crippen molar-refractivity contribution in [2.75, 3.05) is 0 Å². The number of hydrogen-bond donors (Lipinski definition) is 4. The predicted molar refractivity (Wildman–Crippen MR) is 55.7 cm³/mol. The van der Waals surface area contributed by atoms with E-state index >= 15 is 0 Å². The lowest BCUT2D eigenvalue weighted by atomic mass is 11.5. The Morgan fingerprint density at radius 2 is 0.786 bits per heavy atom. The minimum Gasteiger partial charge on any atom is -0.450 e. The third-order valence-corrected chi connectivity index (χ3v) is 0. The summed E-state index contributed by atoms with van der Waals surface area (Å²) in [5.74, 6) is 0. The first kappa shape index (κ1) is 20.4. The van der Waals surface area contributed by atoms with Crippen LogP contribution in [-0.2, 0) is 0 Å². The molecule has 5 nitrogen and oxygen atoms in total. The van der Waals surface area contributed by atoms with Gasteiger partial charge in [0.05, 0.1) is 0 Å². The minimum absolute atomic E-state index is 1.83. The SMILES string of the molecule is O=C(O)O.OC(Cl)(Cl)Cl.OC(Cl)(Cl)Cl. The number of halogens is 6. The smallest absolute Gasteiger partial charge is 0.450 e. The molecule has 0 aromatic carbocycles. The van der Waals surface area contributed by atoms with E-state index in [4.69, 9.17) is 25.2 Å². The topological polar surface area (TPSA) is 98.0 Å². The van der Waals surface area contributed by atoms with Gasteiger partial charge >= 0.3 is 6.16 Å². The third kappa shape index (κ3) is 2130. The molecule has 0 aromatic heterocycles. The first-order chi connectivity index (χ1) is 5.73. The van der Waals surface area contributed by atoms with Gasteiger partial charge in [0.15, 0.2) is 0 Å². The molecule has 0 rings (SSSR count). The first-order valence-electron chi connectivity index (χ1n) is 2.23. The molecule has 0 fully saturated rings. The van der Waals surface area contributed by atoms with Gasteiger partial charge in [0, 0.05) is 0 Å². The van der Waals surface area contributed by atoms with Crippen molar-refractivity contribution in [3.05, 3.63) is 0 Å². The number of carbonyl (C=O) groups is 1. The molecule has 0 saturated carbocycles. The van der Waals surface area contributed by atoms with E-state index in [1.165, 1.54) is 0 Å². The molecular formula is C3H4Cl6O5. The summed E-state index contributed by atoms with van der Waals surface area (Å²) in [6, 6.07) is 0. The van der Waals surface area contributed by atoms with Crippen molar-refractivity contribution in [1.29, 1.82) is 0 Å². The van der Waals surface area contributed by atoms with Crippen LogP contribution in [0.2, 0.25) is 0 Å². The van der Waals surface area contributed by atoms with E-state index in [0.29, 0.717) is 0 Å². The summed E-state index contributed by atoms with van der Waals surface area (Å²) in [6.07, 6.45) is -1.83. The normalized spacial score (nSPS) is 10.3. The van der Waals surface area contributed by atoms with Crippen LogP contribution in [0, 0.1) is 0 Å². The molecule has 0 atom stereocenters. The molecule has 0 saturated heterocycles. The molecular weight excluding hydrogens is 329 g/mol. The molecule has 0 bridgehead atoms. The number of alkyl halides is 6. The largest absolute Gasteiger partial charge is 0.503 e. The van der Waals surface area contributed by atoms with E-state index in [1.54, 1.807) is 0 Å². The van der Waals surface area contributed by atoms with Crippen molar-refractivity contribution in [3.8, 4) is 0 Å². The molecule has 11 heteroatoms. The number of hydrogen-bond acceptors (Lipinski definition) is 3. The highest BCUT2D eigenvalue weighted by Crippen LogP contribution is 2.20. The van der Waals surface area contributed by atoms with Crippen molar-refractivity contribution in [2.24, 2.45) is 0 Å². The van der Waals surface area contributed by atoms with Gasteiger partial charge in [0.2, 0.25) is 0 Å². The van der Waals surface area contributed by atoms with Crippen LogP contribution >= 0.6 is 69.6 Å². The van der Waals surface area contributed by atoms with Crippen LogP contribution < -0.4 is 0 Å². The molecule has 0 aromatic rings. The lowest BCUT2D eigenvalue weighted by Gasteiger charge is -1.93. The maximum atomic E-state index is 8.56. The van der Waals surface area contributed by atoms with Crippen molar-refractivity contribution >= 4 is 75.8 Å². The lowest BCUT2D eigenvalue weighted by molar-refractivity contribution is 0.137. The van der Waals surface area contributed by atoms with Crippen LogP contribution in [0.5, 0.6) is 0 Å². The quantitative estimate of drug-likeness (QED) is 0.511. The van der Waals surface area contributed by atoms with Gasteiger partial charge in [-0.05, 0) is 0 Å². The molecule has 0 aliphatic rings. The molecule has 4 N–H and O–H groups in total. The summed E-state index contributed by atoms with van der Waals surface area (Å²) in [7, 11) is 0. The van der Waals surface area contributed by atoms with Gasteiger partial charge in [0.25, 0.3) is 7.96 Å². The second kappa shape index (κ2) is 9.18. The van der Waals surface area contributed by atoms with Crippen LogP contribution in [0.4, 0.5) is 4.79 Å². The Hall–Kier alpha value is 0.930. The zero-order valence-electron chi connectivity index (χ0n) is 5.96. The summed E-state index contributed by atoms with van der Waals surface area (Å²) < 4.78 is -4.17. The Bertz CT molecular complexity index is 121. The van der Waals surface area contributed by atoms with E-state index in [-0.39, 0.29) is 0 Å². The van der Waals surface area contributed by atoms with Crippen LogP contribution in [0.3, 0.4) is 0 Å². The zero-order chi connectivity index (χ0) is 12.6. The van der Waals surface area contributed by atoms with Gasteiger partial charge in [-0.2, -0.15) is 0 Å². The highest BCUT2D eigenvalue weighted by atomic mass is 35.6. The fourth-order valence-electron chi connectivity index (χ4n) is 0. The maximum Gasteiger partial charge on any atom is 0.503 e. The Morgan fingerprint density at radius 1 is 0.786 bits per heavy atom. The average molecular weight is 333 g/mol. The molecule has 14 heavy (non-hydrogen) atoms. The molecule has 0 heterocycles. The molecule has 88 valence electrons. The number of aliphatic hydroxyl groups is 2. The van der Waals surface area contributed by atoms with Crippen molar-refractivity contribution in [2.45, 2.75) is 7.96 Å². The molecule has 0 unspecified atom stereocenters. The molecule has 0 aliphatic heterocycles. The van der Waals surface area contributed by atoms with Crippen LogP contribution in [0.15, 0.2) is 0 Å². The van der Waals surface area contributed by atoms with Crippen LogP contribution in [-0.4, -0.2) is 34.5 Å². The van der Waals surface area contributed by atoms with Gasteiger partial charge in [-0.15, -0.1) is 0 Å². The molecule has 0 radical (unpaired) electrons. The second-order valence-electron chi connectivity index (χ2n) is 1.22. The third-order valence-electron chi connectivity index (χ3n) is 0. The molecule has 0 spiro atoms. The minimum atomic E-state index is -2.08. The average Bonchev–Trinajstić information content (AvgIpc) is 1.45. The van der Waals surface area contributed by atoms with E-state index in [1.807, 2.05) is 0 Å². The van der Waals surface area contributed by atoms with E-state index in [2.05, 4.69) is 69.6 Å². The Balaban J connectivity index is -0.000000131. The number of carboxylic acid groups (broad SMARTS) is 2. The fourth-order valence-corrected chi connectivity index (χ4v) is 0. The van der Waals surface area contributed by atoms with Gasteiger partial charge in [0.1, 0.15) is 0 Å². The summed E-state index contributed by atoms with van der Waals surface area (Å²) >= 11 is 27.7. The highest BCUT2D eigenvalue weighted by molar-refractivity contribution is 6.66. The van der Waals surface area contributed by atoms with Crippen molar-refractivity contribution < 1.29 is 25.2 Å². The van der Waals surface area contributed by atoms with Crippen LogP contribution in [0.1, 0.15) is 0 Å². The van der Waals surface area contributed by atoms with Gasteiger partial charge < -0.3 is 20.4 Å². The van der Waals surface area contributed by atoms with Gasteiger partial charge in [-0.3, -0.25) is 0 Å². The lowest BCUT2D eigenvalue weighted by Crippen LogP contribution is -1.95. The summed E-state index contributed by atoms with van der Waals surface area (Å²) in [6.45, 7) is 0. The highest BCUT2D eigenvalue weighted by Gasteiger charge is 2.10. The fraction of sp³-hybridized carbons (Fsp3) is 0.667. The second-order valence-corrected chi connectivity index (χ2v) is 5.66. The Labute approximate surface area is 109 Å². The van der Waals surface area contributed by atoms with E-state index in [0.717, 1.165) is 0 Å². The van der Waals surface area contributed by atoms with E-state index in [9.17, 15) is 0 Å². The van der Waals surface area contributed by atoms with Gasteiger partial charge in [-0.25, -0.2) is 4.79 Å². The first-order valence-corrected chi connectivity index (χ1v) is 4.50. The Kier molecular flexibility index (Phi) is 13.3. The number of rotatable bonds is 0. The monoisotopic (exact) mass is 330 g/mol. The summed E-state index contributed by atoms with van der Waals surface area (Å²) in [5.41, 5.74) is 0.